The summed E-state index contributed by atoms with van der Waals surface area (Å²) in [6.07, 6.45) is -8.36. The molecule has 0 saturated heterocycles. The Labute approximate surface area is 190 Å². The monoisotopic (exact) mass is 484 g/mol. The fourth-order valence-electron chi connectivity index (χ4n) is 3.98. The molecule has 0 saturated carbocycles. The second kappa shape index (κ2) is 8.90. The molecule has 10 heteroatoms. The first-order chi connectivity index (χ1) is 15.9. The molecule has 0 aliphatic carbocycles. The molecule has 3 aromatic rings. The molecule has 1 aliphatic heterocycles. The lowest BCUT2D eigenvalue weighted by Crippen LogP contribution is -2.29. The zero-order chi connectivity index (χ0) is 24.7. The van der Waals surface area contributed by atoms with Gasteiger partial charge in [-0.2, -0.15) is 26.3 Å². The lowest BCUT2D eigenvalue weighted by molar-refractivity contribution is -0.143. The second-order valence-electron chi connectivity index (χ2n) is 7.99. The Kier molecular flexibility index (Phi) is 6.28. The van der Waals surface area contributed by atoms with E-state index in [9.17, 15) is 30.7 Å². The standard InChI is InChI=1S/C24H19F7N2O/c1-14(16-9-17(23(26,27)28)12-18(10-16)24(29,30)31)33-7-8-34-22-21(13-33)20(5-6-32-22)15-3-2-4-19(25)11-15/h2-6,9-12,14H,7-8,13H2,1H3. The van der Waals surface area contributed by atoms with Crippen LogP contribution in [0.4, 0.5) is 30.7 Å². The second-order valence-corrected chi connectivity index (χ2v) is 7.99. The van der Waals surface area contributed by atoms with E-state index in [2.05, 4.69) is 4.98 Å². The molecule has 0 N–H and O–H groups in total. The van der Waals surface area contributed by atoms with Gasteiger partial charge in [-0.1, -0.05) is 12.1 Å². The van der Waals surface area contributed by atoms with Gasteiger partial charge in [-0.15, -0.1) is 0 Å². The van der Waals surface area contributed by atoms with Gasteiger partial charge < -0.3 is 4.74 Å². The molecule has 1 unspecified atom stereocenters. The van der Waals surface area contributed by atoms with E-state index in [1.165, 1.54) is 24.4 Å². The highest BCUT2D eigenvalue weighted by Crippen LogP contribution is 2.39. The Bertz CT molecular complexity index is 1160. The molecule has 0 radical (unpaired) electrons. The lowest BCUT2D eigenvalue weighted by atomic mass is 9.97. The number of ether oxygens (including phenoxy) is 1. The third kappa shape index (κ3) is 5.01. The predicted octanol–water partition coefficient (Wildman–Crippen LogP) is 6.88. The molecule has 3 nitrogen and oxygen atoms in total. The fraction of sp³-hybridized carbons (Fsp3) is 0.292. The molecule has 4 rings (SSSR count). The average Bonchev–Trinajstić information content (AvgIpc) is 2.99. The van der Waals surface area contributed by atoms with Gasteiger partial charge in [0, 0.05) is 30.9 Å². The molecule has 1 aromatic heterocycles. The van der Waals surface area contributed by atoms with E-state index in [-0.39, 0.29) is 37.2 Å². The minimum absolute atomic E-state index is 0.114. The van der Waals surface area contributed by atoms with Crippen LogP contribution in [0.5, 0.6) is 5.88 Å². The van der Waals surface area contributed by atoms with Crippen LogP contribution in [-0.4, -0.2) is 23.0 Å². The number of hydrogen-bond donors (Lipinski definition) is 0. The molecule has 180 valence electrons. The highest BCUT2D eigenvalue weighted by molar-refractivity contribution is 5.69. The number of halogens is 7. The Balaban J connectivity index is 1.74. The van der Waals surface area contributed by atoms with Gasteiger partial charge >= 0.3 is 12.4 Å². The molecule has 1 aliphatic rings. The highest BCUT2D eigenvalue weighted by Gasteiger charge is 2.38. The van der Waals surface area contributed by atoms with Crippen LogP contribution in [0.15, 0.2) is 54.7 Å². The summed E-state index contributed by atoms with van der Waals surface area (Å²) in [6.45, 7) is 2.03. The van der Waals surface area contributed by atoms with E-state index in [0.29, 0.717) is 16.7 Å². The summed E-state index contributed by atoms with van der Waals surface area (Å²) in [5.41, 5.74) is -1.11. The van der Waals surface area contributed by atoms with Crippen molar-refractivity contribution in [3.8, 4) is 17.0 Å². The minimum atomic E-state index is -4.93. The number of fused-ring (bicyclic) bond motifs is 1. The molecule has 0 bridgehead atoms. The molecular weight excluding hydrogens is 465 g/mol. The zero-order valence-corrected chi connectivity index (χ0v) is 17.8. The number of rotatable bonds is 3. The average molecular weight is 484 g/mol. The number of nitrogens with zero attached hydrogens (tertiary/aromatic N) is 2. The first-order valence-electron chi connectivity index (χ1n) is 10.3. The minimum Gasteiger partial charge on any atom is -0.476 e. The molecule has 0 spiro atoms. The van der Waals surface area contributed by atoms with Gasteiger partial charge in [0.1, 0.15) is 12.4 Å². The first-order valence-corrected chi connectivity index (χ1v) is 10.3. The van der Waals surface area contributed by atoms with Crippen LogP contribution < -0.4 is 4.74 Å². The van der Waals surface area contributed by atoms with Gasteiger partial charge in [0.25, 0.3) is 0 Å². The normalized spacial score (nSPS) is 15.9. The number of hydrogen-bond acceptors (Lipinski definition) is 3. The maximum Gasteiger partial charge on any atom is 0.416 e. The third-order valence-electron chi connectivity index (χ3n) is 5.77. The molecule has 2 heterocycles. The Morgan fingerprint density at radius 1 is 0.941 bits per heavy atom. The predicted molar refractivity (Wildman–Crippen MR) is 110 cm³/mol. The van der Waals surface area contributed by atoms with E-state index in [1.807, 2.05) is 0 Å². The van der Waals surface area contributed by atoms with Gasteiger partial charge in [0.2, 0.25) is 5.88 Å². The van der Waals surface area contributed by atoms with E-state index in [4.69, 9.17) is 4.74 Å². The molecule has 1 atom stereocenters. The summed E-state index contributed by atoms with van der Waals surface area (Å²) in [5, 5.41) is 0. The van der Waals surface area contributed by atoms with Crippen molar-refractivity contribution in [2.75, 3.05) is 13.2 Å². The van der Waals surface area contributed by atoms with Gasteiger partial charge in [-0.3, -0.25) is 4.90 Å². The van der Waals surface area contributed by atoms with Gasteiger partial charge in [0.15, 0.2) is 0 Å². The maximum absolute atomic E-state index is 13.8. The topological polar surface area (TPSA) is 25.4 Å². The van der Waals surface area contributed by atoms with Crippen LogP contribution in [0.3, 0.4) is 0 Å². The number of aromatic nitrogens is 1. The molecule has 0 amide bonds. The summed E-state index contributed by atoms with van der Waals surface area (Å²) in [7, 11) is 0. The summed E-state index contributed by atoms with van der Waals surface area (Å²) >= 11 is 0. The van der Waals surface area contributed by atoms with Crippen LogP contribution in [0, 0.1) is 5.82 Å². The number of pyridine rings is 1. The van der Waals surface area contributed by atoms with Crippen molar-refractivity contribution in [2.24, 2.45) is 0 Å². The van der Waals surface area contributed by atoms with Crippen molar-refractivity contribution in [1.82, 2.24) is 9.88 Å². The number of alkyl halides is 6. The summed E-state index contributed by atoms with van der Waals surface area (Å²) in [6, 6.07) is 8.30. The molecule has 34 heavy (non-hydrogen) atoms. The summed E-state index contributed by atoms with van der Waals surface area (Å²) < 4.78 is 99.5. The largest absolute Gasteiger partial charge is 0.476 e. The van der Waals surface area contributed by atoms with E-state index in [1.54, 1.807) is 24.0 Å². The van der Waals surface area contributed by atoms with E-state index >= 15 is 0 Å². The summed E-state index contributed by atoms with van der Waals surface area (Å²) in [4.78, 5) is 5.92. The van der Waals surface area contributed by atoms with E-state index < -0.39 is 35.3 Å². The zero-order valence-electron chi connectivity index (χ0n) is 17.8. The van der Waals surface area contributed by atoms with Crippen molar-refractivity contribution in [3.05, 3.63) is 82.8 Å². The maximum atomic E-state index is 13.8. The Morgan fingerprint density at radius 3 is 2.24 bits per heavy atom. The number of benzene rings is 2. The lowest BCUT2D eigenvalue weighted by Gasteiger charge is -2.29. The quantitative estimate of drug-likeness (QED) is 0.379. The van der Waals surface area contributed by atoms with Crippen molar-refractivity contribution >= 4 is 0 Å². The van der Waals surface area contributed by atoms with Gasteiger partial charge in [-0.25, -0.2) is 9.37 Å². The van der Waals surface area contributed by atoms with Crippen LogP contribution in [0.25, 0.3) is 11.1 Å². The molecular formula is C24H19F7N2O. The van der Waals surface area contributed by atoms with E-state index in [0.717, 1.165) is 12.1 Å². The van der Waals surface area contributed by atoms with Crippen LogP contribution in [0.2, 0.25) is 0 Å². The SMILES string of the molecule is CC(c1cc(C(F)(F)F)cc(C(F)(F)F)c1)N1CCOc2nccc(-c3cccc(F)c3)c2C1. The van der Waals surface area contributed by atoms with Crippen LogP contribution in [0.1, 0.15) is 35.2 Å². The van der Waals surface area contributed by atoms with Crippen LogP contribution >= 0.6 is 0 Å². The molecule has 0 fully saturated rings. The fourth-order valence-corrected chi connectivity index (χ4v) is 3.98. The van der Waals surface area contributed by atoms with Crippen molar-refractivity contribution in [2.45, 2.75) is 31.9 Å². The van der Waals surface area contributed by atoms with Crippen molar-refractivity contribution in [1.29, 1.82) is 0 Å². The summed E-state index contributed by atoms with van der Waals surface area (Å²) in [5.74, 6) is -0.164. The van der Waals surface area contributed by atoms with Crippen molar-refractivity contribution in [3.63, 3.8) is 0 Å². The molecule has 2 aromatic carbocycles. The van der Waals surface area contributed by atoms with Gasteiger partial charge in [0.05, 0.1) is 11.1 Å². The van der Waals surface area contributed by atoms with Crippen LogP contribution in [-0.2, 0) is 18.9 Å². The highest BCUT2D eigenvalue weighted by atomic mass is 19.4. The first kappa shape index (κ1) is 24.0. The third-order valence-corrected chi connectivity index (χ3v) is 5.77. The van der Waals surface area contributed by atoms with Gasteiger partial charge in [-0.05, 0) is 60.0 Å². The Hall–Kier alpha value is -3.14. The Morgan fingerprint density at radius 2 is 1.62 bits per heavy atom. The van der Waals surface area contributed by atoms with Crippen molar-refractivity contribution < 1.29 is 35.5 Å². The smallest absolute Gasteiger partial charge is 0.416 e.